The Labute approximate surface area is 123 Å². The first kappa shape index (κ1) is 12.8. The van der Waals surface area contributed by atoms with Crippen molar-refractivity contribution in [1.82, 2.24) is 0 Å². The Bertz CT molecular complexity index is 630. The van der Waals surface area contributed by atoms with Gasteiger partial charge in [0.05, 0.1) is 16.4 Å². The molecule has 4 saturated carbocycles. The van der Waals surface area contributed by atoms with Crippen LogP contribution in [0.2, 0.25) is 0 Å². The van der Waals surface area contributed by atoms with Gasteiger partial charge >= 0.3 is 0 Å². The highest BCUT2D eigenvalue weighted by atomic mass is 16.6. The fourth-order valence-electron chi connectivity index (χ4n) is 5.67. The van der Waals surface area contributed by atoms with E-state index in [4.69, 9.17) is 0 Å². The van der Waals surface area contributed by atoms with E-state index >= 15 is 0 Å². The highest BCUT2D eigenvalue weighted by Crippen LogP contribution is 2.65. The maximum Gasteiger partial charge on any atom is 0.269 e. The van der Waals surface area contributed by atoms with Gasteiger partial charge in [-0.05, 0) is 61.3 Å². The average Bonchev–Trinajstić information content (AvgIpc) is 2.46. The summed E-state index contributed by atoms with van der Waals surface area (Å²) in [7, 11) is 0. The number of hydrogen-bond acceptors (Lipinski definition) is 3. The predicted octanol–water partition coefficient (Wildman–Crippen LogP) is 3.96. The molecule has 1 aromatic rings. The summed E-state index contributed by atoms with van der Waals surface area (Å²) in [6, 6.07) is 9.72. The minimum atomic E-state index is -0.347. The molecule has 4 aliphatic carbocycles. The second-order valence-electron chi connectivity index (χ2n) is 7.44. The molecule has 0 N–H and O–H groups in total. The summed E-state index contributed by atoms with van der Waals surface area (Å²) >= 11 is 0. The van der Waals surface area contributed by atoms with Crippen LogP contribution >= 0.6 is 0 Å². The standard InChI is InChI=1S/C17H18N2O2/c18-11-16-6-12-5-13(7-16)9-17(8-12,10-16)14-1-3-15(4-2-14)19(20)21/h1-4,12-13H,5-10H2. The van der Waals surface area contributed by atoms with E-state index in [0.717, 1.165) is 32.1 Å². The maximum atomic E-state index is 10.8. The van der Waals surface area contributed by atoms with Crippen LogP contribution in [-0.4, -0.2) is 4.92 Å². The molecule has 4 nitrogen and oxygen atoms in total. The SMILES string of the molecule is N#CC12CC3CC(C1)CC(c1ccc([N+](=O)[O-])cc1)(C3)C2. The number of nitriles is 1. The number of nitro groups is 1. The molecule has 4 fully saturated rings. The van der Waals surface area contributed by atoms with E-state index in [2.05, 4.69) is 6.07 Å². The molecule has 0 spiro atoms. The number of nitro benzene ring substituents is 1. The molecule has 4 aliphatic rings. The van der Waals surface area contributed by atoms with Crippen molar-refractivity contribution in [2.75, 3.05) is 0 Å². The number of rotatable bonds is 2. The summed E-state index contributed by atoms with van der Waals surface area (Å²) in [4.78, 5) is 10.5. The third-order valence-electron chi connectivity index (χ3n) is 5.99. The highest BCUT2D eigenvalue weighted by molar-refractivity contribution is 5.39. The molecule has 2 atom stereocenters. The van der Waals surface area contributed by atoms with Crippen molar-refractivity contribution in [2.24, 2.45) is 17.3 Å². The molecule has 0 aromatic heterocycles. The van der Waals surface area contributed by atoms with Crippen molar-refractivity contribution in [2.45, 2.75) is 43.9 Å². The highest BCUT2D eigenvalue weighted by Gasteiger charge is 2.58. The Kier molecular flexibility index (Phi) is 2.48. The first-order valence-corrected chi connectivity index (χ1v) is 7.70. The molecule has 4 bridgehead atoms. The summed E-state index contributed by atoms with van der Waals surface area (Å²) < 4.78 is 0. The number of hydrogen-bond donors (Lipinski definition) is 0. The Morgan fingerprint density at radius 3 is 2.29 bits per heavy atom. The molecular weight excluding hydrogens is 264 g/mol. The lowest BCUT2D eigenvalue weighted by Crippen LogP contribution is -2.53. The zero-order valence-corrected chi connectivity index (χ0v) is 11.9. The van der Waals surface area contributed by atoms with Crippen molar-refractivity contribution >= 4 is 5.69 Å². The Morgan fingerprint density at radius 1 is 1.14 bits per heavy atom. The Morgan fingerprint density at radius 2 is 1.76 bits per heavy atom. The zero-order valence-electron chi connectivity index (χ0n) is 11.9. The van der Waals surface area contributed by atoms with E-state index in [1.165, 1.54) is 12.0 Å². The zero-order chi connectivity index (χ0) is 14.7. The predicted molar refractivity (Wildman–Crippen MR) is 77.5 cm³/mol. The van der Waals surface area contributed by atoms with Crippen LogP contribution in [0.5, 0.6) is 0 Å². The molecule has 5 rings (SSSR count). The van der Waals surface area contributed by atoms with Crippen LogP contribution < -0.4 is 0 Å². The second kappa shape index (κ2) is 4.07. The molecule has 0 saturated heterocycles. The minimum absolute atomic E-state index is 0.0922. The van der Waals surface area contributed by atoms with Crippen molar-refractivity contribution in [3.8, 4) is 6.07 Å². The van der Waals surface area contributed by atoms with Gasteiger partial charge in [0.15, 0.2) is 0 Å². The van der Waals surface area contributed by atoms with E-state index < -0.39 is 0 Å². The van der Waals surface area contributed by atoms with Crippen LogP contribution in [0.3, 0.4) is 0 Å². The van der Waals surface area contributed by atoms with Gasteiger partial charge in [-0.25, -0.2) is 0 Å². The van der Waals surface area contributed by atoms with Crippen LogP contribution in [0.4, 0.5) is 5.69 Å². The minimum Gasteiger partial charge on any atom is -0.258 e. The largest absolute Gasteiger partial charge is 0.269 e. The normalized spacial score (nSPS) is 40.0. The van der Waals surface area contributed by atoms with Crippen LogP contribution in [0.15, 0.2) is 24.3 Å². The molecule has 2 unspecified atom stereocenters. The van der Waals surface area contributed by atoms with Crippen LogP contribution in [0, 0.1) is 38.7 Å². The lowest BCUT2D eigenvalue weighted by atomic mass is 9.43. The van der Waals surface area contributed by atoms with Gasteiger partial charge in [0, 0.05) is 12.1 Å². The third-order valence-corrected chi connectivity index (χ3v) is 5.99. The number of benzene rings is 1. The fourth-order valence-corrected chi connectivity index (χ4v) is 5.67. The van der Waals surface area contributed by atoms with Gasteiger partial charge in [0.25, 0.3) is 5.69 Å². The second-order valence-corrected chi connectivity index (χ2v) is 7.44. The van der Waals surface area contributed by atoms with Gasteiger partial charge < -0.3 is 0 Å². The summed E-state index contributed by atoms with van der Waals surface area (Å²) in [6.07, 6.45) is 6.67. The molecule has 0 aliphatic heterocycles. The summed E-state index contributed by atoms with van der Waals surface area (Å²) in [5, 5.41) is 20.5. The average molecular weight is 282 g/mol. The summed E-state index contributed by atoms with van der Waals surface area (Å²) in [5.41, 5.74) is 1.32. The fraction of sp³-hybridized carbons (Fsp3) is 0.588. The molecule has 21 heavy (non-hydrogen) atoms. The van der Waals surface area contributed by atoms with Crippen molar-refractivity contribution < 1.29 is 4.92 Å². The maximum absolute atomic E-state index is 10.8. The number of non-ortho nitro benzene ring substituents is 1. The van der Waals surface area contributed by atoms with Gasteiger partial charge in [-0.2, -0.15) is 5.26 Å². The molecule has 4 heteroatoms. The van der Waals surface area contributed by atoms with Crippen molar-refractivity contribution in [3.63, 3.8) is 0 Å². The van der Waals surface area contributed by atoms with E-state index in [9.17, 15) is 15.4 Å². The smallest absolute Gasteiger partial charge is 0.258 e. The van der Waals surface area contributed by atoms with Crippen LogP contribution in [-0.2, 0) is 5.41 Å². The van der Waals surface area contributed by atoms with Gasteiger partial charge in [0.2, 0.25) is 0 Å². The van der Waals surface area contributed by atoms with E-state index in [-0.39, 0.29) is 21.4 Å². The lowest BCUT2D eigenvalue weighted by molar-refractivity contribution is -0.384. The van der Waals surface area contributed by atoms with Gasteiger partial charge in [-0.15, -0.1) is 0 Å². The van der Waals surface area contributed by atoms with Gasteiger partial charge in [-0.1, -0.05) is 12.1 Å². The van der Waals surface area contributed by atoms with E-state index in [1.54, 1.807) is 12.1 Å². The molecule has 108 valence electrons. The molecule has 0 amide bonds. The molecular formula is C17H18N2O2. The molecule has 1 aromatic carbocycles. The first-order chi connectivity index (χ1) is 10.0. The summed E-state index contributed by atoms with van der Waals surface area (Å²) in [5.74, 6) is 1.34. The van der Waals surface area contributed by atoms with Gasteiger partial charge in [0.1, 0.15) is 0 Å². The Balaban J connectivity index is 1.74. The van der Waals surface area contributed by atoms with E-state index in [1.807, 2.05) is 12.1 Å². The van der Waals surface area contributed by atoms with E-state index in [0.29, 0.717) is 11.8 Å². The summed E-state index contributed by atoms with van der Waals surface area (Å²) in [6.45, 7) is 0. The van der Waals surface area contributed by atoms with Crippen LogP contribution in [0.1, 0.15) is 44.1 Å². The van der Waals surface area contributed by atoms with Crippen LogP contribution in [0.25, 0.3) is 0 Å². The lowest BCUT2D eigenvalue weighted by Gasteiger charge is -2.60. The molecule has 0 heterocycles. The molecule has 0 radical (unpaired) electrons. The van der Waals surface area contributed by atoms with Crippen molar-refractivity contribution in [1.29, 1.82) is 5.26 Å². The monoisotopic (exact) mass is 282 g/mol. The first-order valence-electron chi connectivity index (χ1n) is 7.70. The Hall–Kier alpha value is -1.89. The van der Waals surface area contributed by atoms with Crippen molar-refractivity contribution in [3.05, 3.63) is 39.9 Å². The quantitative estimate of drug-likeness (QED) is 0.609. The van der Waals surface area contributed by atoms with Gasteiger partial charge in [-0.3, -0.25) is 10.1 Å². The topological polar surface area (TPSA) is 66.9 Å². The number of nitrogens with zero attached hydrogens (tertiary/aromatic N) is 2. The third kappa shape index (κ3) is 1.80.